The molecule has 1 saturated heterocycles. The van der Waals surface area contributed by atoms with Crippen LogP contribution in [-0.2, 0) is 17.6 Å². The largest absolute Gasteiger partial charge is 0.367 e. The van der Waals surface area contributed by atoms with Crippen molar-refractivity contribution in [1.29, 1.82) is 0 Å². The normalized spacial score (nSPS) is 21.0. The Labute approximate surface area is 160 Å². The molecule has 2 bridgehead atoms. The van der Waals surface area contributed by atoms with Crippen molar-refractivity contribution >= 4 is 17.3 Å². The molecular weight excluding hydrogens is 340 g/mol. The number of carbonyl (C=O) groups excluding carboxylic acids is 1. The number of piperidine rings is 1. The summed E-state index contributed by atoms with van der Waals surface area (Å²) in [6.07, 6.45) is 7.55. The molecule has 1 saturated carbocycles. The van der Waals surface area contributed by atoms with Gasteiger partial charge in [0.05, 0.1) is 11.4 Å². The molecule has 144 valence electrons. The van der Waals surface area contributed by atoms with Gasteiger partial charge >= 0.3 is 0 Å². The minimum Gasteiger partial charge on any atom is -0.367 e. The number of nitrogens with one attached hydrogen (secondary N) is 1. The van der Waals surface area contributed by atoms with E-state index in [1.165, 1.54) is 24.9 Å². The summed E-state index contributed by atoms with van der Waals surface area (Å²) in [6, 6.07) is 8.82. The molecule has 2 unspecified atom stereocenters. The topological polar surface area (TPSA) is 71.3 Å². The third kappa shape index (κ3) is 4.15. The lowest BCUT2D eigenvalue weighted by Gasteiger charge is -2.31. The predicted molar refractivity (Wildman–Crippen MR) is 105 cm³/mol. The summed E-state index contributed by atoms with van der Waals surface area (Å²) < 4.78 is 5.23. The summed E-state index contributed by atoms with van der Waals surface area (Å²) in [5.74, 6) is 2.25. The zero-order chi connectivity index (χ0) is 18.6. The van der Waals surface area contributed by atoms with Crippen molar-refractivity contribution < 1.29 is 9.32 Å². The van der Waals surface area contributed by atoms with E-state index in [1.54, 1.807) is 0 Å². The molecule has 4 rings (SSSR count). The lowest BCUT2D eigenvalue weighted by atomic mass is 10.1. The number of benzene rings is 1. The lowest BCUT2D eigenvalue weighted by molar-refractivity contribution is -0.116. The Bertz CT molecular complexity index is 788. The number of rotatable bonds is 8. The van der Waals surface area contributed by atoms with E-state index < -0.39 is 0 Å². The predicted octanol–water partition coefficient (Wildman–Crippen LogP) is 3.97. The molecule has 1 aromatic heterocycles. The fourth-order valence-corrected chi connectivity index (χ4v) is 4.38. The van der Waals surface area contributed by atoms with Crippen LogP contribution < -0.4 is 10.2 Å². The average Bonchev–Trinajstić information content (AvgIpc) is 3.40. The van der Waals surface area contributed by atoms with Gasteiger partial charge in [0.1, 0.15) is 0 Å². The van der Waals surface area contributed by atoms with E-state index in [0.717, 1.165) is 36.8 Å². The number of aryl methyl sites for hydroxylation is 2. The Hall–Kier alpha value is -2.37. The molecule has 2 aliphatic rings. The van der Waals surface area contributed by atoms with Crippen LogP contribution in [0.5, 0.6) is 0 Å². The maximum Gasteiger partial charge on any atom is 0.226 e. The number of anilines is 2. The summed E-state index contributed by atoms with van der Waals surface area (Å²) in [5, 5.41) is 7.07. The number of para-hydroxylation sites is 2. The van der Waals surface area contributed by atoms with Crippen LogP contribution in [0, 0.1) is 5.92 Å². The zero-order valence-electron chi connectivity index (χ0n) is 16.0. The van der Waals surface area contributed by atoms with Crippen LogP contribution in [0.1, 0.15) is 57.2 Å². The number of carbonyl (C=O) groups is 1. The van der Waals surface area contributed by atoms with E-state index in [9.17, 15) is 4.79 Å². The van der Waals surface area contributed by atoms with E-state index in [1.807, 2.05) is 12.1 Å². The lowest BCUT2D eigenvalue weighted by Crippen LogP contribution is -2.32. The minimum atomic E-state index is 0.0418. The molecule has 1 aromatic carbocycles. The highest BCUT2D eigenvalue weighted by Gasteiger charge is 2.38. The first-order valence-electron chi connectivity index (χ1n) is 10.2. The van der Waals surface area contributed by atoms with Gasteiger partial charge in [-0.1, -0.05) is 24.2 Å². The van der Waals surface area contributed by atoms with Crippen molar-refractivity contribution in [3.05, 3.63) is 36.0 Å². The Kier molecular flexibility index (Phi) is 5.41. The van der Waals surface area contributed by atoms with E-state index in [0.29, 0.717) is 31.2 Å². The Morgan fingerprint density at radius 3 is 2.96 bits per heavy atom. The smallest absolute Gasteiger partial charge is 0.226 e. The standard InChI is InChI=1S/C21H28N4O2/c1-2-6-19-23-21(27-24-19)10-5-9-20(26)22-17-7-3-4-8-18(17)25-14-15-11-12-16(25)13-15/h3-4,7-8,15-16H,2,5-6,9-14H2,1H3,(H,22,26). The number of aromatic nitrogens is 2. The van der Waals surface area contributed by atoms with Gasteiger partial charge in [-0.25, -0.2) is 0 Å². The van der Waals surface area contributed by atoms with Crippen molar-refractivity contribution in [3.63, 3.8) is 0 Å². The molecule has 1 amide bonds. The highest BCUT2D eigenvalue weighted by atomic mass is 16.5. The highest BCUT2D eigenvalue weighted by Crippen LogP contribution is 2.42. The summed E-state index contributed by atoms with van der Waals surface area (Å²) in [7, 11) is 0. The summed E-state index contributed by atoms with van der Waals surface area (Å²) in [5.41, 5.74) is 2.09. The third-order valence-electron chi connectivity index (χ3n) is 5.68. The number of nitrogens with zero attached hydrogens (tertiary/aromatic N) is 3. The van der Waals surface area contributed by atoms with Crippen molar-refractivity contribution in [2.24, 2.45) is 5.92 Å². The van der Waals surface area contributed by atoms with Gasteiger partial charge in [-0.3, -0.25) is 4.79 Å². The fraction of sp³-hybridized carbons (Fsp3) is 0.571. The molecule has 2 atom stereocenters. The first-order chi connectivity index (χ1) is 13.2. The van der Waals surface area contributed by atoms with Gasteiger partial charge < -0.3 is 14.7 Å². The number of hydrogen-bond donors (Lipinski definition) is 1. The van der Waals surface area contributed by atoms with Crippen LogP contribution in [-0.4, -0.2) is 28.6 Å². The van der Waals surface area contributed by atoms with Gasteiger partial charge in [0, 0.05) is 31.8 Å². The van der Waals surface area contributed by atoms with Crippen LogP contribution in [0.3, 0.4) is 0 Å². The molecule has 1 N–H and O–H groups in total. The van der Waals surface area contributed by atoms with Crippen LogP contribution in [0.4, 0.5) is 11.4 Å². The Morgan fingerprint density at radius 1 is 1.30 bits per heavy atom. The number of fused-ring (bicyclic) bond motifs is 2. The van der Waals surface area contributed by atoms with Gasteiger partial charge in [-0.2, -0.15) is 4.98 Å². The molecule has 0 radical (unpaired) electrons. The third-order valence-corrected chi connectivity index (χ3v) is 5.68. The highest BCUT2D eigenvalue weighted by molar-refractivity contribution is 5.94. The average molecular weight is 368 g/mol. The van der Waals surface area contributed by atoms with E-state index >= 15 is 0 Å². The fourth-order valence-electron chi connectivity index (χ4n) is 4.38. The van der Waals surface area contributed by atoms with E-state index in [4.69, 9.17) is 4.52 Å². The molecule has 6 nitrogen and oxygen atoms in total. The maximum atomic E-state index is 12.4. The molecule has 1 aliphatic heterocycles. The summed E-state index contributed by atoms with van der Waals surface area (Å²) in [6.45, 7) is 3.21. The van der Waals surface area contributed by atoms with Crippen LogP contribution >= 0.6 is 0 Å². The summed E-state index contributed by atoms with van der Waals surface area (Å²) >= 11 is 0. The van der Waals surface area contributed by atoms with E-state index in [-0.39, 0.29) is 5.91 Å². The Morgan fingerprint density at radius 2 is 2.19 bits per heavy atom. The molecule has 6 heteroatoms. The van der Waals surface area contributed by atoms with Crippen molar-refractivity contribution in [3.8, 4) is 0 Å². The van der Waals surface area contributed by atoms with Crippen LogP contribution in [0.2, 0.25) is 0 Å². The van der Waals surface area contributed by atoms with Gasteiger partial charge in [-0.05, 0) is 50.2 Å². The van der Waals surface area contributed by atoms with Gasteiger partial charge in [-0.15, -0.1) is 0 Å². The first kappa shape index (κ1) is 18.0. The molecule has 2 heterocycles. The zero-order valence-corrected chi connectivity index (χ0v) is 16.0. The molecule has 2 aromatic rings. The molecular formula is C21H28N4O2. The van der Waals surface area contributed by atoms with Gasteiger partial charge in [0.15, 0.2) is 5.82 Å². The second kappa shape index (κ2) is 8.11. The monoisotopic (exact) mass is 368 g/mol. The van der Waals surface area contributed by atoms with Crippen molar-refractivity contribution in [1.82, 2.24) is 10.1 Å². The second-order valence-corrected chi connectivity index (χ2v) is 7.76. The molecule has 2 fully saturated rings. The molecule has 0 spiro atoms. The van der Waals surface area contributed by atoms with E-state index in [2.05, 4.69) is 39.4 Å². The van der Waals surface area contributed by atoms with Crippen LogP contribution in [0.25, 0.3) is 0 Å². The molecule has 1 aliphatic carbocycles. The van der Waals surface area contributed by atoms with Gasteiger partial charge in [0.25, 0.3) is 0 Å². The van der Waals surface area contributed by atoms with Crippen LogP contribution in [0.15, 0.2) is 28.8 Å². The second-order valence-electron chi connectivity index (χ2n) is 7.76. The first-order valence-corrected chi connectivity index (χ1v) is 10.2. The Balaban J connectivity index is 1.30. The summed E-state index contributed by atoms with van der Waals surface area (Å²) in [4.78, 5) is 19.3. The maximum absolute atomic E-state index is 12.4. The number of amides is 1. The molecule has 27 heavy (non-hydrogen) atoms. The van der Waals surface area contributed by atoms with Crippen molar-refractivity contribution in [2.75, 3.05) is 16.8 Å². The number of hydrogen-bond acceptors (Lipinski definition) is 5. The SMILES string of the molecule is CCCc1noc(CCCC(=O)Nc2ccccc2N2CC3CCC2C3)n1. The van der Waals surface area contributed by atoms with Gasteiger partial charge in [0.2, 0.25) is 11.8 Å². The van der Waals surface area contributed by atoms with Crippen molar-refractivity contribution in [2.45, 2.75) is 64.3 Å². The minimum absolute atomic E-state index is 0.0418. The quantitative estimate of drug-likeness (QED) is 0.763.